The Balaban J connectivity index is 2.32. The Labute approximate surface area is 238 Å². The van der Waals surface area contributed by atoms with Crippen molar-refractivity contribution in [1.82, 2.24) is 0 Å². The fourth-order valence-corrected chi connectivity index (χ4v) is 4.85. The molecule has 5 aromatic carbocycles. The minimum atomic E-state index is -6.29. The maximum Gasteiger partial charge on any atom is 0.422 e. The molecule has 0 aliphatic rings. The third kappa shape index (κ3) is 4.19. The molecule has 0 saturated carbocycles. The van der Waals surface area contributed by atoms with E-state index in [4.69, 9.17) is 0 Å². The van der Waals surface area contributed by atoms with Crippen molar-refractivity contribution >= 4 is 21.5 Å². The van der Waals surface area contributed by atoms with Gasteiger partial charge in [-0.3, -0.25) is 0 Å². The summed E-state index contributed by atoms with van der Waals surface area (Å²) in [6, 6.07) is -0.584. The summed E-state index contributed by atoms with van der Waals surface area (Å²) in [7, 11) is 0. The highest BCUT2D eigenvalue weighted by Gasteiger charge is 2.44. The van der Waals surface area contributed by atoms with E-state index in [2.05, 4.69) is 0 Å². The van der Waals surface area contributed by atoms with Crippen LogP contribution in [-0.4, -0.2) is 0 Å². The molecular weight excluding hydrogens is 685 g/mol. The van der Waals surface area contributed by atoms with Crippen LogP contribution in [0.15, 0.2) is 6.07 Å². The lowest BCUT2D eigenvalue weighted by Gasteiger charge is -2.22. The molecule has 5 rings (SSSR count). The van der Waals surface area contributed by atoms with Gasteiger partial charge in [0.25, 0.3) is 0 Å². The molecule has 0 unspecified atom stereocenters. The Morgan fingerprint density at radius 3 is 0.804 bits per heavy atom. The van der Waals surface area contributed by atoms with Gasteiger partial charge in [0.05, 0.1) is 11.1 Å². The van der Waals surface area contributed by atoms with Crippen molar-refractivity contribution in [3.63, 3.8) is 0 Å². The first-order chi connectivity index (χ1) is 21.2. The van der Waals surface area contributed by atoms with Gasteiger partial charge in [-0.2, -0.15) is 13.2 Å². The second-order valence-electron chi connectivity index (χ2n) is 9.11. The van der Waals surface area contributed by atoms with E-state index in [1.54, 1.807) is 0 Å². The van der Waals surface area contributed by atoms with E-state index in [1.165, 1.54) is 0 Å². The van der Waals surface area contributed by atoms with Crippen LogP contribution in [0.5, 0.6) is 0 Å². The topological polar surface area (TPSA) is 0 Å². The zero-order chi connectivity index (χ0) is 34.6. The van der Waals surface area contributed by atoms with Gasteiger partial charge in [-0.05, 0) is 0 Å². The molecule has 0 aliphatic carbocycles. The van der Waals surface area contributed by atoms with Crippen molar-refractivity contribution in [3.8, 4) is 22.3 Å². The van der Waals surface area contributed by atoms with Gasteiger partial charge in [0, 0.05) is 38.7 Å². The van der Waals surface area contributed by atoms with Crippen molar-refractivity contribution in [1.29, 1.82) is 0 Å². The van der Waals surface area contributed by atoms with Gasteiger partial charge in [0.15, 0.2) is 93.1 Å². The predicted octanol–water partition coefficient (Wildman–Crippen LogP) is 10.6. The first-order valence-electron chi connectivity index (χ1n) is 11.4. The maximum absolute atomic E-state index is 15.4. The summed E-state index contributed by atoms with van der Waals surface area (Å²) in [5, 5.41) is -10.2. The highest BCUT2D eigenvalue weighted by Crippen LogP contribution is 2.52. The molecule has 0 spiro atoms. The average molecular weight is 686 g/mol. The van der Waals surface area contributed by atoms with Crippen molar-refractivity contribution in [3.05, 3.63) is 105 Å². The normalized spacial score (nSPS) is 12.2. The second kappa shape index (κ2) is 10.4. The van der Waals surface area contributed by atoms with Gasteiger partial charge in [-0.1, -0.05) is 0 Å². The highest BCUT2D eigenvalue weighted by atomic mass is 19.4. The molecule has 0 atom stereocenters. The number of alkyl halides is 3. The summed E-state index contributed by atoms with van der Waals surface area (Å²) in [6.07, 6.45) is -6.29. The predicted molar refractivity (Wildman–Crippen MR) is 117 cm³/mol. The van der Waals surface area contributed by atoms with E-state index < -0.39 is 155 Å². The largest absolute Gasteiger partial charge is 0.422 e. The Morgan fingerprint density at radius 1 is 0.283 bits per heavy atom. The summed E-state index contributed by atoms with van der Waals surface area (Å²) in [4.78, 5) is 0. The van der Waals surface area contributed by atoms with Gasteiger partial charge in [-0.25, -0.2) is 70.2 Å². The van der Waals surface area contributed by atoms with Gasteiger partial charge in [0.1, 0.15) is 5.56 Å². The Bertz CT molecular complexity index is 2060. The van der Waals surface area contributed by atoms with Crippen molar-refractivity contribution in [2.24, 2.45) is 0 Å². The van der Waals surface area contributed by atoms with Crippen LogP contribution in [0.2, 0.25) is 0 Å². The lowest BCUT2D eigenvalue weighted by atomic mass is 9.83. The molecule has 0 aliphatic heterocycles. The van der Waals surface area contributed by atoms with Crippen LogP contribution in [0.4, 0.5) is 83.4 Å². The minimum absolute atomic E-state index is 0.584. The van der Waals surface area contributed by atoms with E-state index in [0.29, 0.717) is 0 Å². The number of hydrogen-bond donors (Lipinski definition) is 0. The fourth-order valence-electron chi connectivity index (χ4n) is 4.85. The molecule has 19 heteroatoms. The number of benzene rings is 5. The molecule has 0 nitrogen and oxygen atoms in total. The molecule has 0 bridgehead atoms. The van der Waals surface area contributed by atoms with Gasteiger partial charge in [0.2, 0.25) is 0 Å². The van der Waals surface area contributed by atoms with Crippen LogP contribution >= 0.6 is 0 Å². The monoisotopic (exact) mass is 686 g/mol. The molecule has 5 aromatic rings. The first-order valence-corrected chi connectivity index (χ1v) is 11.4. The van der Waals surface area contributed by atoms with E-state index in [-0.39, 0.29) is 0 Å². The smallest absolute Gasteiger partial charge is 0.204 e. The quantitative estimate of drug-likeness (QED) is 0.0751. The summed E-state index contributed by atoms with van der Waals surface area (Å²) in [5.41, 5.74) is -13.8. The summed E-state index contributed by atoms with van der Waals surface area (Å²) in [5.74, 6) is -49.0. The zero-order valence-corrected chi connectivity index (χ0v) is 20.8. The van der Waals surface area contributed by atoms with Crippen LogP contribution in [0.25, 0.3) is 43.8 Å². The highest BCUT2D eigenvalue weighted by molar-refractivity contribution is 6.22. The van der Waals surface area contributed by atoms with Crippen LogP contribution in [0.3, 0.4) is 0 Å². The molecule has 0 radical (unpaired) electrons. The molecule has 242 valence electrons. The van der Waals surface area contributed by atoms with Gasteiger partial charge >= 0.3 is 6.18 Å². The number of rotatable bonds is 2. The van der Waals surface area contributed by atoms with Crippen LogP contribution in [0, 0.1) is 93.1 Å². The minimum Gasteiger partial charge on any atom is -0.204 e. The Hall–Kier alpha value is -4.71. The fraction of sp³-hybridized carbons (Fsp3) is 0.0370. The van der Waals surface area contributed by atoms with E-state index in [1.807, 2.05) is 0 Å². The summed E-state index contributed by atoms with van der Waals surface area (Å²) in [6.45, 7) is 0. The van der Waals surface area contributed by atoms with Crippen molar-refractivity contribution in [2.45, 2.75) is 6.18 Å². The SMILES string of the molecule is Fc1cc(F)c(F)c(-c2c3c(F)c(F)c(F)c(F)c3c(-c3c(F)c(F)c(C(F)(F)F)c(F)c3F)c3c(F)c(F)c(F)c(F)c23)c1F. The molecule has 0 heterocycles. The standard InChI is InChI=1S/C27HF19/c28-2-1-3(29)14(31)10(13(2)30)4-6-8(17(34)25(42)23(40)15(6)32)5(9-7(4)16(33)24(41)26(43)18(9)35)11-19(36)21(38)12(27(44,45)46)22(39)20(11)37/h1H. The van der Waals surface area contributed by atoms with E-state index >= 15 is 26.3 Å². The molecule has 0 amide bonds. The Morgan fingerprint density at radius 2 is 0.543 bits per heavy atom. The molecular formula is C27HF19. The molecule has 0 saturated heterocycles. The third-order valence-corrected chi connectivity index (χ3v) is 6.69. The molecule has 0 fully saturated rings. The lowest BCUT2D eigenvalue weighted by molar-refractivity contribution is -0.143. The van der Waals surface area contributed by atoms with Gasteiger partial charge < -0.3 is 0 Å². The van der Waals surface area contributed by atoms with E-state index in [9.17, 15) is 57.1 Å². The third-order valence-electron chi connectivity index (χ3n) is 6.69. The lowest BCUT2D eigenvalue weighted by Crippen LogP contribution is -2.16. The molecule has 0 aromatic heterocycles. The second-order valence-corrected chi connectivity index (χ2v) is 9.11. The molecule has 46 heavy (non-hydrogen) atoms. The van der Waals surface area contributed by atoms with Crippen molar-refractivity contribution < 1.29 is 83.4 Å². The maximum atomic E-state index is 15.4. The van der Waals surface area contributed by atoms with Crippen molar-refractivity contribution in [2.75, 3.05) is 0 Å². The van der Waals surface area contributed by atoms with Crippen LogP contribution < -0.4 is 0 Å². The zero-order valence-electron chi connectivity index (χ0n) is 20.8. The van der Waals surface area contributed by atoms with Crippen LogP contribution in [0.1, 0.15) is 5.56 Å². The summed E-state index contributed by atoms with van der Waals surface area (Å²) >= 11 is 0. The number of hydrogen-bond acceptors (Lipinski definition) is 0. The Kier molecular flexibility index (Phi) is 7.40. The first kappa shape index (κ1) is 32.7. The van der Waals surface area contributed by atoms with E-state index in [0.717, 1.165) is 0 Å². The van der Waals surface area contributed by atoms with Gasteiger partial charge in [-0.15, -0.1) is 0 Å². The average Bonchev–Trinajstić information content (AvgIpc) is 2.98. The van der Waals surface area contributed by atoms with Crippen LogP contribution in [-0.2, 0) is 6.18 Å². The molecule has 0 N–H and O–H groups in total. The number of fused-ring (bicyclic) bond motifs is 2. The summed E-state index contributed by atoms with van der Waals surface area (Å²) < 4.78 is 277. The number of halogens is 19.